The van der Waals surface area contributed by atoms with Crippen LogP contribution in [0.4, 0.5) is 0 Å². The van der Waals surface area contributed by atoms with Crippen LogP contribution in [-0.2, 0) is 0 Å². The SMILES string of the molecule is CCCC(C)(CNC(C)C)CN1CCC(N(CC)CC)C1. The fourth-order valence-electron chi connectivity index (χ4n) is 3.81. The largest absolute Gasteiger partial charge is 0.314 e. The summed E-state index contributed by atoms with van der Waals surface area (Å²) in [6.07, 6.45) is 3.95. The smallest absolute Gasteiger partial charge is 0.0235 e. The van der Waals surface area contributed by atoms with Crippen molar-refractivity contribution in [3.8, 4) is 0 Å². The Morgan fingerprint density at radius 3 is 2.43 bits per heavy atom. The van der Waals surface area contributed by atoms with Gasteiger partial charge >= 0.3 is 0 Å². The molecule has 0 spiro atoms. The van der Waals surface area contributed by atoms with Crippen molar-refractivity contribution in [2.45, 2.75) is 72.9 Å². The number of hydrogen-bond acceptors (Lipinski definition) is 3. The van der Waals surface area contributed by atoms with Crippen LogP contribution in [0.25, 0.3) is 0 Å². The number of likely N-dealkylation sites (N-methyl/N-ethyl adjacent to an activating group) is 1. The van der Waals surface area contributed by atoms with E-state index < -0.39 is 0 Å². The van der Waals surface area contributed by atoms with Crippen molar-refractivity contribution in [3.63, 3.8) is 0 Å². The maximum absolute atomic E-state index is 3.66. The Morgan fingerprint density at radius 2 is 1.90 bits per heavy atom. The lowest BCUT2D eigenvalue weighted by Gasteiger charge is -2.35. The predicted octanol–water partition coefficient (Wildman–Crippen LogP) is 3.21. The van der Waals surface area contributed by atoms with Gasteiger partial charge in [0, 0.05) is 31.7 Å². The predicted molar refractivity (Wildman–Crippen MR) is 93.9 cm³/mol. The van der Waals surface area contributed by atoms with E-state index in [9.17, 15) is 0 Å². The van der Waals surface area contributed by atoms with Crippen LogP contribution in [-0.4, -0.2) is 61.2 Å². The van der Waals surface area contributed by atoms with E-state index in [-0.39, 0.29) is 0 Å². The van der Waals surface area contributed by atoms with E-state index in [4.69, 9.17) is 0 Å². The maximum atomic E-state index is 3.66. The molecule has 21 heavy (non-hydrogen) atoms. The molecule has 1 saturated heterocycles. The lowest BCUT2D eigenvalue weighted by atomic mass is 9.84. The van der Waals surface area contributed by atoms with E-state index in [1.54, 1.807) is 0 Å². The van der Waals surface area contributed by atoms with Crippen molar-refractivity contribution < 1.29 is 0 Å². The third kappa shape index (κ3) is 6.25. The van der Waals surface area contributed by atoms with E-state index in [1.807, 2.05) is 0 Å². The summed E-state index contributed by atoms with van der Waals surface area (Å²) in [5, 5.41) is 3.66. The lowest BCUT2D eigenvalue weighted by Crippen LogP contribution is -2.44. The number of nitrogens with zero attached hydrogens (tertiary/aromatic N) is 2. The first kappa shape index (κ1) is 18.9. The van der Waals surface area contributed by atoms with E-state index in [1.165, 1.54) is 52.0 Å². The molecular formula is C18H39N3. The zero-order chi connectivity index (χ0) is 15.9. The Bertz CT molecular complexity index is 276. The van der Waals surface area contributed by atoms with Crippen molar-refractivity contribution in [1.82, 2.24) is 15.1 Å². The Hall–Kier alpha value is -0.120. The van der Waals surface area contributed by atoms with Gasteiger partial charge in [0.05, 0.1) is 0 Å². The molecular weight excluding hydrogens is 258 g/mol. The first-order valence-electron chi connectivity index (χ1n) is 9.13. The molecule has 2 atom stereocenters. The first-order chi connectivity index (χ1) is 9.94. The molecule has 0 amide bonds. The number of hydrogen-bond donors (Lipinski definition) is 1. The molecule has 0 saturated carbocycles. The number of rotatable bonds is 10. The maximum Gasteiger partial charge on any atom is 0.0235 e. The minimum atomic E-state index is 0.414. The average Bonchev–Trinajstić information content (AvgIpc) is 2.86. The summed E-state index contributed by atoms with van der Waals surface area (Å²) in [5.41, 5.74) is 0.414. The van der Waals surface area contributed by atoms with Gasteiger partial charge in [0.1, 0.15) is 0 Å². The molecule has 1 fully saturated rings. The Balaban J connectivity index is 2.52. The second-order valence-corrected chi connectivity index (χ2v) is 7.50. The van der Waals surface area contributed by atoms with Crippen LogP contribution in [0.1, 0.15) is 60.8 Å². The zero-order valence-corrected chi connectivity index (χ0v) is 15.4. The number of nitrogens with one attached hydrogen (secondary N) is 1. The van der Waals surface area contributed by atoms with Crippen LogP contribution in [0.15, 0.2) is 0 Å². The van der Waals surface area contributed by atoms with Crippen LogP contribution in [0.3, 0.4) is 0 Å². The minimum absolute atomic E-state index is 0.414. The Labute approximate surface area is 133 Å². The standard InChI is InChI=1S/C18H39N3/c1-7-11-18(6,14-19-16(4)5)15-20-12-10-17(13-20)21(8-2)9-3/h16-17,19H,7-15H2,1-6H3. The van der Waals surface area contributed by atoms with Gasteiger partial charge in [-0.3, -0.25) is 4.90 Å². The Morgan fingerprint density at radius 1 is 1.24 bits per heavy atom. The highest BCUT2D eigenvalue weighted by Gasteiger charge is 2.32. The van der Waals surface area contributed by atoms with Gasteiger partial charge in [-0.15, -0.1) is 0 Å². The topological polar surface area (TPSA) is 18.5 Å². The molecule has 1 heterocycles. The minimum Gasteiger partial charge on any atom is -0.314 e. The van der Waals surface area contributed by atoms with Crippen LogP contribution in [0.2, 0.25) is 0 Å². The summed E-state index contributed by atoms with van der Waals surface area (Å²) < 4.78 is 0. The highest BCUT2D eigenvalue weighted by molar-refractivity contribution is 4.88. The average molecular weight is 298 g/mol. The molecule has 1 rings (SSSR count). The molecule has 126 valence electrons. The zero-order valence-electron chi connectivity index (χ0n) is 15.4. The molecule has 3 heteroatoms. The molecule has 1 N–H and O–H groups in total. The first-order valence-corrected chi connectivity index (χ1v) is 9.13. The third-order valence-corrected chi connectivity index (χ3v) is 4.97. The highest BCUT2D eigenvalue weighted by atomic mass is 15.3. The second-order valence-electron chi connectivity index (χ2n) is 7.50. The fourth-order valence-corrected chi connectivity index (χ4v) is 3.81. The fraction of sp³-hybridized carbons (Fsp3) is 1.00. The van der Waals surface area contributed by atoms with Crippen molar-refractivity contribution in [1.29, 1.82) is 0 Å². The molecule has 1 aliphatic heterocycles. The van der Waals surface area contributed by atoms with Crippen molar-refractivity contribution in [2.24, 2.45) is 5.41 Å². The summed E-state index contributed by atoms with van der Waals surface area (Å²) in [6, 6.07) is 1.37. The van der Waals surface area contributed by atoms with Crippen LogP contribution >= 0.6 is 0 Å². The summed E-state index contributed by atoms with van der Waals surface area (Å²) in [5.74, 6) is 0. The van der Waals surface area contributed by atoms with Gasteiger partial charge in [-0.25, -0.2) is 0 Å². The van der Waals surface area contributed by atoms with E-state index in [0.29, 0.717) is 11.5 Å². The Kier molecular flexibility index (Phi) is 8.22. The van der Waals surface area contributed by atoms with E-state index >= 15 is 0 Å². The molecule has 2 unspecified atom stereocenters. The van der Waals surface area contributed by atoms with E-state index in [0.717, 1.165) is 12.6 Å². The van der Waals surface area contributed by atoms with E-state index in [2.05, 4.69) is 56.7 Å². The quantitative estimate of drug-likeness (QED) is 0.668. The van der Waals surface area contributed by atoms with Crippen LogP contribution < -0.4 is 5.32 Å². The highest BCUT2D eigenvalue weighted by Crippen LogP contribution is 2.27. The van der Waals surface area contributed by atoms with Crippen molar-refractivity contribution >= 4 is 0 Å². The molecule has 0 bridgehead atoms. The lowest BCUT2D eigenvalue weighted by molar-refractivity contribution is 0.153. The van der Waals surface area contributed by atoms with Crippen LogP contribution in [0, 0.1) is 5.41 Å². The summed E-state index contributed by atoms with van der Waals surface area (Å²) in [4.78, 5) is 5.34. The molecule has 1 aliphatic rings. The van der Waals surface area contributed by atoms with Crippen LogP contribution in [0.5, 0.6) is 0 Å². The molecule has 0 aromatic rings. The molecule has 3 nitrogen and oxygen atoms in total. The molecule has 0 radical (unpaired) electrons. The van der Waals surface area contributed by atoms with Gasteiger partial charge < -0.3 is 10.2 Å². The van der Waals surface area contributed by atoms with Gasteiger partial charge in [-0.05, 0) is 37.9 Å². The molecule has 0 aromatic carbocycles. The summed E-state index contributed by atoms with van der Waals surface area (Å²) >= 11 is 0. The third-order valence-electron chi connectivity index (χ3n) is 4.97. The normalized spacial score (nSPS) is 23.1. The van der Waals surface area contributed by atoms with Crippen molar-refractivity contribution in [2.75, 3.05) is 39.3 Å². The van der Waals surface area contributed by atoms with Gasteiger partial charge in [0.25, 0.3) is 0 Å². The summed E-state index contributed by atoms with van der Waals surface area (Å²) in [6.45, 7) is 21.2. The monoisotopic (exact) mass is 297 g/mol. The second kappa shape index (κ2) is 9.12. The number of likely N-dealkylation sites (tertiary alicyclic amines) is 1. The molecule has 0 aliphatic carbocycles. The van der Waals surface area contributed by atoms with Gasteiger partial charge in [-0.2, -0.15) is 0 Å². The molecule has 0 aromatic heterocycles. The summed E-state index contributed by atoms with van der Waals surface area (Å²) in [7, 11) is 0. The van der Waals surface area contributed by atoms with Gasteiger partial charge in [0.15, 0.2) is 0 Å². The van der Waals surface area contributed by atoms with Gasteiger partial charge in [-0.1, -0.05) is 48.0 Å². The van der Waals surface area contributed by atoms with Crippen molar-refractivity contribution in [3.05, 3.63) is 0 Å². The van der Waals surface area contributed by atoms with Gasteiger partial charge in [0.2, 0.25) is 0 Å².